The van der Waals surface area contributed by atoms with Crippen molar-refractivity contribution in [3.8, 4) is 11.5 Å². The summed E-state index contributed by atoms with van der Waals surface area (Å²) in [6.45, 7) is 1.51. The molecule has 1 fully saturated rings. The Hall–Kier alpha value is -1.98. The van der Waals surface area contributed by atoms with Crippen LogP contribution >= 0.6 is 11.6 Å². The van der Waals surface area contributed by atoms with Crippen LogP contribution in [0.5, 0.6) is 11.5 Å². The molecule has 0 aromatic heterocycles. The van der Waals surface area contributed by atoms with Gasteiger partial charge in [-0.05, 0) is 6.92 Å². The van der Waals surface area contributed by atoms with Crippen LogP contribution in [0.3, 0.4) is 0 Å². The van der Waals surface area contributed by atoms with E-state index < -0.39 is 17.7 Å². The Balaban J connectivity index is 2.31. The van der Waals surface area contributed by atoms with Gasteiger partial charge in [0.05, 0.1) is 19.2 Å². The Labute approximate surface area is 132 Å². The topological polar surface area (TPSA) is 68.3 Å². The number of fused-ring (bicyclic) bond motifs is 1. The van der Waals surface area contributed by atoms with Crippen molar-refractivity contribution in [3.63, 3.8) is 0 Å². The molecule has 0 bridgehead atoms. The van der Waals surface area contributed by atoms with Crippen molar-refractivity contribution in [1.82, 2.24) is 0 Å². The standard InChI is InChI=1S/C16H15ClO5/c1-16(15(18)19)14(22-16)10-11(17)13(21-3)9-7-5-4-6-8(9)12(10)20-2/h4-7,14H,1-3H3,(H,18,19). The van der Waals surface area contributed by atoms with Gasteiger partial charge in [0.15, 0.2) is 5.60 Å². The molecule has 2 atom stereocenters. The number of epoxide rings is 1. The van der Waals surface area contributed by atoms with Crippen LogP contribution in [0.4, 0.5) is 0 Å². The van der Waals surface area contributed by atoms with E-state index in [0.29, 0.717) is 22.1 Å². The van der Waals surface area contributed by atoms with E-state index in [4.69, 9.17) is 25.8 Å². The SMILES string of the molecule is COc1c(Cl)c(C2OC2(C)C(=O)O)c(OC)c2ccccc12. The first-order valence-corrected chi connectivity index (χ1v) is 7.06. The molecule has 0 spiro atoms. The quantitative estimate of drug-likeness (QED) is 0.873. The van der Waals surface area contributed by atoms with E-state index in [1.807, 2.05) is 24.3 Å². The summed E-state index contributed by atoms with van der Waals surface area (Å²) < 4.78 is 16.3. The van der Waals surface area contributed by atoms with Gasteiger partial charge in [0.2, 0.25) is 0 Å². The summed E-state index contributed by atoms with van der Waals surface area (Å²) in [4.78, 5) is 11.4. The Morgan fingerprint density at radius 3 is 2.23 bits per heavy atom. The van der Waals surface area contributed by atoms with Crippen LogP contribution in [0.15, 0.2) is 24.3 Å². The first-order chi connectivity index (χ1) is 10.5. The van der Waals surface area contributed by atoms with Gasteiger partial charge in [-0.1, -0.05) is 35.9 Å². The maximum absolute atomic E-state index is 11.4. The number of benzene rings is 2. The molecule has 0 saturated carbocycles. The van der Waals surface area contributed by atoms with Crippen LogP contribution in [-0.2, 0) is 9.53 Å². The molecule has 2 unspecified atom stereocenters. The summed E-state index contributed by atoms with van der Waals surface area (Å²) in [6.07, 6.45) is -0.675. The molecule has 116 valence electrons. The van der Waals surface area contributed by atoms with Crippen LogP contribution in [0.1, 0.15) is 18.6 Å². The molecular weight excluding hydrogens is 308 g/mol. The number of halogens is 1. The Morgan fingerprint density at radius 1 is 1.23 bits per heavy atom. The lowest BCUT2D eigenvalue weighted by molar-refractivity contribution is -0.142. The van der Waals surface area contributed by atoms with Gasteiger partial charge in [-0.15, -0.1) is 0 Å². The van der Waals surface area contributed by atoms with Gasteiger partial charge in [0, 0.05) is 16.3 Å². The van der Waals surface area contributed by atoms with Crippen molar-refractivity contribution >= 4 is 28.3 Å². The van der Waals surface area contributed by atoms with Gasteiger partial charge in [0.1, 0.15) is 17.6 Å². The van der Waals surface area contributed by atoms with Crippen molar-refractivity contribution in [2.24, 2.45) is 0 Å². The largest absolute Gasteiger partial charge is 0.496 e. The fourth-order valence-electron chi connectivity index (χ4n) is 2.73. The lowest BCUT2D eigenvalue weighted by Gasteiger charge is -2.17. The van der Waals surface area contributed by atoms with Gasteiger partial charge in [-0.25, -0.2) is 4.79 Å². The van der Waals surface area contributed by atoms with E-state index in [-0.39, 0.29) is 0 Å². The molecule has 6 heteroatoms. The number of carboxylic acid groups (broad SMARTS) is 1. The summed E-state index contributed by atoms with van der Waals surface area (Å²) >= 11 is 6.46. The Bertz CT molecular complexity index is 773. The molecule has 1 N–H and O–H groups in total. The van der Waals surface area contributed by atoms with Gasteiger partial charge in [0.25, 0.3) is 0 Å². The average Bonchev–Trinajstić information content (AvgIpc) is 3.19. The van der Waals surface area contributed by atoms with Gasteiger partial charge in [-0.3, -0.25) is 0 Å². The van der Waals surface area contributed by atoms with E-state index in [1.165, 1.54) is 21.1 Å². The highest BCUT2D eigenvalue weighted by Gasteiger charge is 2.62. The average molecular weight is 323 g/mol. The van der Waals surface area contributed by atoms with Crippen LogP contribution in [-0.4, -0.2) is 30.9 Å². The summed E-state index contributed by atoms with van der Waals surface area (Å²) in [7, 11) is 3.04. The summed E-state index contributed by atoms with van der Waals surface area (Å²) in [5.41, 5.74) is -0.797. The van der Waals surface area contributed by atoms with E-state index in [1.54, 1.807) is 0 Å². The molecular formula is C16H15ClO5. The van der Waals surface area contributed by atoms with Crippen molar-refractivity contribution < 1.29 is 24.1 Å². The molecule has 1 saturated heterocycles. The smallest absolute Gasteiger partial charge is 0.338 e. The molecule has 1 aliphatic rings. The van der Waals surface area contributed by atoms with E-state index in [2.05, 4.69) is 0 Å². The number of aliphatic carboxylic acids is 1. The van der Waals surface area contributed by atoms with Crippen LogP contribution in [0.2, 0.25) is 5.02 Å². The third-order valence-electron chi connectivity index (χ3n) is 4.00. The number of hydrogen-bond donors (Lipinski definition) is 1. The highest BCUT2D eigenvalue weighted by atomic mass is 35.5. The third-order valence-corrected chi connectivity index (χ3v) is 4.37. The molecule has 0 amide bonds. The zero-order chi connectivity index (χ0) is 16.1. The minimum absolute atomic E-state index is 0.313. The predicted octanol–water partition coefficient (Wildman–Crippen LogP) is 3.43. The Kier molecular flexibility index (Phi) is 3.42. The minimum Gasteiger partial charge on any atom is -0.496 e. The van der Waals surface area contributed by atoms with Gasteiger partial charge >= 0.3 is 5.97 Å². The van der Waals surface area contributed by atoms with Crippen molar-refractivity contribution in [1.29, 1.82) is 0 Å². The maximum atomic E-state index is 11.4. The van der Waals surface area contributed by atoms with Gasteiger partial charge in [-0.2, -0.15) is 0 Å². The van der Waals surface area contributed by atoms with Crippen LogP contribution in [0.25, 0.3) is 10.8 Å². The third kappa shape index (κ3) is 1.93. The second-order valence-electron chi connectivity index (χ2n) is 5.25. The molecule has 0 radical (unpaired) electrons. The summed E-state index contributed by atoms with van der Waals surface area (Å²) in [5, 5.41) is 11.2. The molecule has 1 aliphatic heterocycles. The normalized spacial score (nSPS) is 23.4. The van der Waals surface area contributed by atoms with E-state index >= 15 is 0 Å². The molecule has 2 aromatic rings. The zero-order valence-electron chi connectivity index (χ0n) is 12.3. The predicted molar refractivity (Wildman–Crippen MR) is 81.9 cm³/mol. The lowest BCUT2D eigenvalue weighted by Crippen LogP contribution is -2.20. The van der Waals surface area contributed by atoms with Crippen LogP contribution in [0, 0.1) is 0 Å². The van der Waals surface area contributed by atoms with Crippen LogP contribution < -0.4 is 9.47 Å². The number of ether oxygens (including phenoxy) is 3. The number of hydrogen-bond acceptors (Lipinski definition) is 4. The highest BCUT2D eigenvalue weighted by Crippen LogP contribution is 2.57. The second kappa shape index (κ2) is 5.04. The zero-order valence-corrected chi connectivity index (χ0v) is 13.1. The molecule has 0 aliphatic carbocycles. The highest BCUT2D eigenvalue weighted by molar-refractivity contribution is 6.34. The van der Waals surface area contributed by atoms with Crippen molar-refractivity contribution in [2.75, 3.05) is 14.2 Å². The summed E-state index contributed by atoms with van der Waals surface area (Å²) in [6, 6.07) is 7.48. The second-order valence-corrected chi connectivity index (χ2v) is 5.63. The molecule has 3 rings (SSSR count). The monoisotopic (exact) mass is 322 g/mol. The number of carbonyl (C=O) groups is 1. The number of carboxylic acids is 1. The first-order valence-electron chi connectivity index (χ1n) is 6.69. The van der Waals surface area contributed by atoms with E-state index in [0.717, 1.165) is 10.8 Å². The van der Waals surface area contributed by atoms with Crippen molar-refractivity contribution in [2.45, 2.75) is 18.6 Å². The molecule has 1 heterocycles. The number of rotatable bonds is 4. The molecule has 2 aromatic carbocycles. The first kappa shape index (κ1) is 14.9. The van der Waals surface area contributed by atoms with Gasteiger partial charge < -0.3 is 19.3 Å². The molecule has 5 nitrogen and oxygen atoms in total. The lowest BCUT2D eigenvalue weighted by atomic mass is 9.96. The molecule has 22 heavy (non-hydrogen) atoms. The summed E-state index contributed by atoms with van der Waals surface area (Å²) in [5.74, 6) is -0.0459. The minimum atomic E-state index is -1.30. The Morgan fingerprint density at radius 2 is 1.77 bits per heavy atom. The fraction of sp³-hybridized carbons (Fsp3) is 0.312. The fourth-order valence-corrected chi connectivity index (χ4v) is 3.09. The van der Waals surface area contributed by atoms with E-state index in [9.17, 15) is 9.90 Å². The van der Waals surface area contributed by atoms with Crippen molar-refractivity contribution in [3.05, 3.63) is 34.9 Å². The maximum Gasteiger partial charge on any atom is 0.338 e. The number of methoxy groups -OCH3 is 2.